The molecule has 2 rings (SSSR count). The van der Waals surface area contributed by atoms with E-state index in [4.69, 9.17) is 5.26 Å². The highest BCUT2D eigenvalue weighted by molar-refractivity contribution is 5.94. The van der Waals surface area contributed by atoms with Crippen LogP contribution in [0.3, 0.4) is 0 Å². The van der Waals surface area contributed by atoms with Crippen molar-refractivity contribution in [1.29, 1.82) is 5.26 Å². The molecule has 2 aromatic rings. The molecule has 0 aromatic heterocycles. The van der Waals surface area contributed by atoms with Crippen LogP contribution in [-0.4, -0.2) is 29.3 Å². The predicted octanol–water partition coefficient (Wildman–Crippen LogP) is 3.39. The summed E-state index contributed by atoms with van der Waals surface area (Å²) in [6, 6.07) is 11.6. The molecule has 0 unspecified atom stereocenters. The smallest absolute Gasteiger partial charge is 0.254 e. The molecule has 0 saturated heterocycles. The molecule has 7 heteroatoms. The second-order valence-electron chi connectivity index (χ2n) is 6.55. The molecule has 0 saturated carbocycles. The molecule has 1 N–H and O–H groups in total. The third kappa shape index (κ3) is 5.61. The van der Waals surface area contributed by atoms with Gasteiger partial charge in [-0.25, -0.2) is 8.78 Å². The maximum Gasteiger partial charge on any atom is 0.254 e. The lowest BCUT2D eigenvalue weighted by Crippen LogP contribution is -2.38. The third-order valence-corrected chi connectivity index (χ3v) is 4.18. The molecule has 0 aliphatic rings. The number of hydrogen-bond acceptors (Lipinski definition) is 3. The number of carbonyl (C=O) groups excluding carboxylic acids is 2. The average Bonchev–Trinajstić information content (AvgIpc) is 2.66. The maximum absolute atomic E-state index is 13.6. The Kier molecular flexibility index (Phi) is 7.21. The van der Waals surface area contributed by atoms with Crippen molar-refractivity contribution >= 4 is 11.8 Å². The summed E-state index contributed by atoms with van der Waals surface area (Å²) in [5, 5.41) is 11.3. The van der Waals surface area contributed by atoms with Crippen LogP contribution >= 0.6 is 0 Å². The number of rotatable bonds is 7. The zero-order valence-corrected chi connectivity index (χ0v) is 15.7. The van der Waals surface area contributed by atoms with Gasteiger partial charge in [-0.05, 0) is 43.7 Å². The van der Waals surface area contributed by atoms with Gasteiger partial charge >= 0.3 is 0 Å². The van der Waals surface area contributed by atoms with Crippen LogP contribution in [0.4, 0.5) is 8.78 Å². The summed E-state index contributed by atoms with van der Waals surface area (Å²) in [4.78, 5) is 26.2. The summed E-state index contributed by atoms with van der Waals surface area (Å²) in [5.74, 6) is -2.58. The van der Waals surface area contributed by atoms with Gasteiger partial charge in [-0.3, -0.25) is 9.59 Å². The SMILES string of the molecule is CC(C)N(Cc1ccc(C#N)cc1)C(=O)CCNC(=O)c1ccc(F)cc1F. The van der Waals surface area contributed by atoms with E-state index in [2.05, 4.69) is 5.32 Å². The van der Waals surface area contributed by atoms with Crippen LogP contribution in [0.15, 0.2) is 42.5 Å². The molecule has 0 bridgehead atoms. The Morgan fingerprint density at radius 2 is 1.82 bits per heavy atom. The molecule has 0 fully saturated rings. The first-order chi connectivity index (χ1) is 13.3. The Labute approximate surface area is 162 Å². The molecule has 2 aromatic carbocycles. The molecule has 0 radical (unpaired) electrons. The quantitative estimate of drug-likeness (QED) is 0.794. The van der Waals surface area contributed by atoms with Crippen molar-refractivity contribution in [2.24, 2.45) is 0 Å². The van der Waals surface area contributed by atoms with E-state index in [0.717, 1.165) is 17.7 Å². The summed E-state index contributed by atoms with van der Waals surface area (Å²) in [6.07, 6.45) is 0.0447. The minimum Gasteiger partial charge on any atom is -0.351 e. The minimum atomic E-state index is -0.951. The summed E-state index contributed by atoms with van der Waals surface area (Å²) in [7, 11) is 0. The van der Waals surface area contributed by atoms with Crippen LogP contribution in [-0.2, 0) is 11.3 Å². The van der Waals surface area contributed by atoms with Gasteiger partial charge in [0.2, 0.25) is 5.91 Å². The lowest BCUT2D eigenvalue weighted by molar-refractivity contribution is -0.133. The monoisotopic (exact) mass is 385 g/mol. The molecule has 0 aliphatic heterocycles. The topological polar surface area (TPSA) is 73.2 Å². The van der Waals surface area contributed by atoms with E-state index in [9.17, 15) is 18.4 Å². The third-order valence-electron chi connectivity index (χ3n) is 4.18. The molecule has 5 nitrogen and oxygen atoms in total. The van der Waals surface area contributed by atoms with Gasteiger partial charge < -0.3 is 10.2 Å². The van der Waals surface area contributed by atoms with E-state index in [1.165, 1.54) is 0 Å². The number of halogens is 2. The van der Waals surface area contributed by atoms with Crippen molar-refractivity contribution in [2.45, 2.75) is 32.9 Å². The second kappa shape index (κ2) is 9.60. The van der Waals surface area contributed by atoms with Crippen LogP contribution in [0.25, 0.3) is 0 Å². The number of nitrogens with one attached hydrogen (secondary N) is 1. The zero-order chi connectivity index (χ0) is 20.7. The molecule has 28 heavy (non-hydrogen) atoms. The molecule has 0 spiro atoms. The summed E-state index contributed by atoms with van der Waals surface area (Å²) < 4.78 is 26.5. The van der Waals surface area contributed by atoms with Crippen LogP contribution in [0, 0.1) is 23.0 Å². The first-order valence-electron chi connectivity index (χ1n) is 8.83. The van der Waals surface area contributed by atoms with E-state index in [1.807, 2.05) is 19.9 Å². The van der Waals surface area contributed by atoms with Crippen LogP contribution in [0.2, 0.25) is 0 Å². The normalized spacial score (nSPS) is 10.4. The molecule has 2 amide bonds. The highest BCUT2D eigenvalue weighted by Gasteiger charge is 2.18. The first-order valence-corrected chi connectivity index (χ1v) is 8.83. The van der Waals surface area contributed by atoms with Gasteiger partial charge in [0.15, 0.2) is 0 Å². The van der Waals surface area contributed by atoms with Gasteiger partial charge in [0.05, 0.1) is 17.2 Å². The van der Waals surface area contributed by atoms with E-state index in [1.54, 1.807) is 29.2 Å². The van der Waals surface area contributed by atoms with Gasteiger partial charge in [0.25, 0.3) is 5.91 Å². The average molecular weight is 385 g/mol. The lowest BCUT2D eigenvalue weighted by atomic mass is 10.1. The van der Waals surface area contributed by atoms with Crippen LogP contribution < -0.4 is 5.32 Å². The van der Waals surface area contributed by atoms with Gasteiger partial charge in [-0.1, -0.05) is 12.1 Å². The fourth-order valence-corrected chi connectivity index (χ4v) is 2.64. The highest BCUT2D eigenvalue weighted by Crippen LogP contribution is 2.12. The first kappa shape index (κ1) is 21.0. The zero-order valence-electron chi connectivity index (χ0n) is 15.7. The molecule has 0 aliphatic carbocycles. The van der Waals surface area contributed by atoms with Gasteiger partial charge in [0, 0.05) is 31.6 Å². The number of amides is 2. The number of nitrogens with zero attached hydrogens (tertiary/aromatic N) is 2. The minimum absolute atomic E-state index is 0.0328. The summed E-state index contributed by atoms with van der Waals surface area (Å²) in [5.41, 5.74) is 1.16. The fourth-order valence-electron chi connectivity index (χ4n) is 2.64. The van der Waals surface area contributed by atoms with Crippen molar-refractivity contribution < 1.29 is 18.4 Å². The Bertz CT molecular complexity index is 890. The number of hydrogen-bond donors (Lipinski definition) is 1. The van der Waals surface area contributed by atoms with Crippen molar-refractivity contribution in [3.8, 4) is 6.07 Å². The standard InChI is InChI=1S/C21H21F2N3O2/c1-14(2)26(13-16-5-3-15(12-24)4-6-16)20(27)9-10-25-21(28)18-8-7-17(22)11-19(18)23/h3-8,11,14H,9-10,13H2,1-2H3,(H,25,28). The van der Waals surface area contributed by atoms with Crippen molar-refractivity contribution in [3.05, 3.63) is 70.8 Å². The van der Waals surface area contributed by atoms with Gasteiger partial charge in [0.1, 0.15) is 11.6 Å². The van der Waals surface area contributed by atoms with Crippen molar-refractivity contribution in [2.75, 3.05) is 6.54 Å². The Hall–Kier alpha value is -3.27. The summed E-state index contributed by atoms with van der Waals surface area (Å²) in [6.45, 7) is 4.18. The number of carbonyl (C=O) groups is 2. The van der Waals surface area contributed by atoms with Gasteiger partial charge in [-0.2, -0.15) is 5.26 Å². The number of benzene rings is 2. The Morgan fingerprint density at radius 1 is 1.14 bits per heavy atom. The predicted molar refractivity (Wildman–Crippen MR) is 100 cm³/mol. The van der Waals surface area contributed by atoms with Crippen LogP contribution in [0.1, 0.15) is 41.8 Å². The number of nitriles is 1. The van der Waals surface area contributed by atoms with Crippen molar-refractivity contribution in [1.82, 2.24) is 10.2 Å². The van der Waals surface area contributed by atoms with Gasteiger partial charge in [-0.15, -0.1) is 0 Å². The summed E-state index contributed by atoms with van der Waals surface area (Å²) >= 11 is 0. The maximum atomic E-state index is 13.6. The largest absolute Gasteiger partial charge is 0.351 e. The second-order valence-corrected chi connectivity index (χ2v) is 6.55. The molecule has 146 valence electrons. The van der Waals surface area contributed by atoms with E-state index >= 15 is 0 Å². The highest BCUT2D eigenvalue weighted by atomic mass is 19.1. The van der Waals surface area contributed by atoms with E-state index < -0.39 is 17.5 Å². The molecule has 0 atom stereocenters. The lowest BCUT2D eigenvalue weighted by Gasteiger charge is -2.27. The van der Waals surface area contributed by atoms with E-state index in [-0.39, 0.29) is 30.5 Å². The van der Waals surface area contributed by atoms with Crippen molar-refractivity contribution in [3.63, 3.8) is 0 Å². The fraction of sp³-hybridized carbons (Fsp3) is 0.286. The Balaban J connectivity index is 1.92. The van der Waals surface area contributed by atoms with Crippen LogP contribution in [0.5, 0.6) is 0 Å². The Morgan fingerprint density at radius 3 is 2.39 bits per heavy atom. The molecule has 0 heterocycles. The van der Waals surface area contributed by atoms with E-state index in [0.29, 0.717) is 18.2 Å². The molecular formula is C21H21F2N3O2. The molecular weight excluding hydrogens is 364 g/mol.